The topological polar surface area (TPSA) is 0 Å². The zero-order valence-electron chi connectivity index (χ0n) is 2.46. The smallest absolute Gasteiger partial charge is 1.00 e. The van der Waals surface area contributed by atoms with Crippen molar-refractivity contribution in [3.63, 3.8) is 0 Å². The third-order valence-corrected chi connectivity index (χ3v) is 0. The van der Waals surface area contributed by atoms with Gasteiger partial charge >= 0.3 is 17.1 Å². The molecule has 0 aromatic rings. The second kappa shape index (κ2) is 195. The van der Waals surface area contributed by atoms with Gasteiger partial charge < -0.3 is 12.8 Å². The minimum absolute atomic E-state index is 0. The van der Waals surface area contributed by atoms with E-state index in [1.165, 1.54) is 0 Å². The molecule has 0 N–H and O–H groups in total. The quantitative estimate of drug-likeness (QED) is 0.243. The Morgan fingerprint density at radius 1 is 1.00 bits per heavy atom. The normalized spacial score (nSPS) is 0.800. The van der Waals surface area contributed by atoms with Gasteiger partial charge in [-0.15, -0.1) is 12.8 Å². The Labute approximate surface area is 43.4 Å². The molecule has 0 rings (SSSR count). The number of hydrogen-bond donors (Lipinski definition) is 0. The maximum atomic E-state index is 5.00. The van der Waals surface area contributed by atoms with Crippen molar-refractivity contribution in [2.75, 3.05) is 0 Å². The Kier molecular flexibility index (Phi) is 892. The van der Waals surface area contributed by atoms with Crippen LogP contribution < -0.4 is 0 Å². The monoisotopic (exact) mass is 113 g/mol. The van der Waals surface area contributed by atoms with E-state index >= 15 is 0 Å². The van der Waals surface area contributed by atoms with Crippen molar-refractivity contribution in [1.82, 2.24) is 0 Å². The third-order valence-electron chi connectivity index (χ3n) is 0. The molecule has 0 amide bonds. The van der Waals surface area contributed by atoms with Gasteiger partial charge in [-0.1, -0.05) is 0 Å². The second-order valence-electron chi connectivity index (χ2n) is 0. The summed E-state index contributed by atoms with van der Waals surface area (Å²) < 4.78 is 0. The summed E-state index contributed by atoms with van der Waals surface area (Å²) >= 11 is 0. The van der Waals surface area contributed by atoms with Crippen molar-refractivity contribution in [1.29, 1.82) is 0 Å². The standard InChI is InChI=1S/C2H2.C2.Cu/c2*1-2;/h1-2H;;/q;-2;+2. The Bertz CT molecular complexity index is 19.1. The Hall–Kier alpha value is -0.361. The molecular weight excluding hydrogens is 112 g/mol. The molecule has 0 aliphatic rings. The third kappa shape index (κ3) is 75.3. The molecular formula is C4H2Cu. The minimum atomic E-state index is 0. The van der Waals surface area contributed by atoms with Gasteiger partial charge in [0.15, 0.2) is 0 Å². The zero-order valence-corrected chi connectivity index (χ0v) is 3.40. The van der Waals surface area contributed by atoms with Crippen LogP contribution in [0, 0.1) is 25.7 Å². The molecule has 1 radical (unpaired) electrons. The molecule has 0 fully saturated rings. The van der Waals surface area contributed by atoms with Crippen LogP contribution in [0.4, 0.5) is 0 Å². The summed E-state index contributed by atoms with van der Waals surface area (Å²) in [7, 11) is 0. The molecule has 0 aliphatic heterocycles. The van der Waals surface area contributed by atoms with E-state index in [1.807, 2.05) is 0 Å². The Morgan fingerprint density at radius 3 is 1.00 bits per heavy atom. The first-order valence-electron chi connectivity index (χ1n) is 0.583. The van der Waals surface area contributed by atoms with Crippen molar-refractivity contribution in [2.45, 2.75) is 0 Å². The molecule has 0 aromatic heterocycles. The van der Waals surface area contributed by atoms with E-state index in [9.17, 15) is 0 Å². The molecule has 0 unspecified atom stereocenters. The minimum Gasteiger partial charge on any atom is -1.00 e. The molecule has 0 bridgehead atoms. The maximum Gasteiger partial charge on any atom is 2.00 e. The first kappa shape index (κ1) is 22.9. The average Bonchev–Trinajstić information content (AvgIpc) is 1.50. The first-order chi connectivity index (χ1) is 2.00. The van der Waals surface area contributed by atoms with Crippen LogP contribution in [-0.4, -0.2) is 0 Å². The summed E-state index contributed by atoms with van der Waals surface area (Å²) in [5, 5.41) is 0. The van der Waals surface area contributed by atoms with Crippen LogP contribution in [0.5, 0.6) is 0 Å². The molecule has 0 saturated heterocycles. The Morgan fingerprint density at radius 2 is 1.00 bits per heavy atom. The zero-order chi connectivity index (χ0) is 4.00. The molecule has 0 aliphatic carbocycles. The number of hydrogen-bond acceptors (Lipinski definition) is 0. The van der Waals surface area contributed by atoms with Gasteiger partial charge in [0.2, 0.25) is 0 Å². The van der Waals surface area contributed by atoms with Crippen molar-refractivity contribution in [3.05, 3.63) is 12.8 Å². The first-order valence-corrected chi connectivity index (χ1v) is 0.583. The summed E-state index contributed by atoms with van der Waals surface area (Å²) in [5.74, 6) is 0. The molecule has 0 saturated carbocycles. The van der Waals surface area contributed by atoms with Crippen LogP contribution in [0.15, 0.2) is 0 Å². The van der Waals surface area contributed by atoms with Crippen LogP contribution in [0.3, 0.4) is 0 Å². The van der Waals surface area contributed by atoms with Gasteiger partial charge in [-0.3, -0.25) is 0 Å². The van der Waals surface area contributed by atoms with E-state index in [0.717, 1.165) is 0 Å². The fourth-order valence-electron chi connectivity index (χ4n) is 0. The predicted octanol–water partition coefficient (Wildman–Crippen LogP) is 0.409. The fourth-order valence-corrected chi connectivity index (χ4v) is 0. The summed E-state index contributed by atoms with van der Waals surface area (Å²) in [4.78, 5) is 0. The van der Waals surface area contributed by atoms with Crippen LogP contribution in [0.25, 0.3) is 0 Å². The van der Waals surface area contributed by atoms with E-state index in [2.05, 4.69) is 12.8 Å². The van der Waals surface area contributed by atoms with Crippen LogP contribution in [0.1, 0.15) is 0 Å². The van der Waals surface area contributed by atoms with Crippen LogP contribution in [-0.2, 0) is 17.1 Å². The van der Waals surface area contributed by atoms with Crippen molar-refractivity contribution < 1.29 is 17.1 Å². The van der Waals surface area contributed by atoms with Gasteiger partial charge in [-0.05, 0) is 0 Å². The van der Waals surface area contributed by atoms with E-state index < -0.39 is 0 Å². The predicted molar refractivity (Wildman–Crippen MR) is 16.4 cm³/mol. The van der Waals surface area contributed by atoms with Crippen LogP contribution >= 0.6 is 0 Å². The molecule has 0 aromatic carbocycles. The van der Waals surface area contributed by atoms with Gasteiger partial charge in [0.05, 0.1) is 0 Å². The van der Waals surface area contributed by atoms with Gasteiger partial charge in [0.25, 0.3) is 0 Å². The summed E-state index contributed by atoms with van der Waals surface area (Å²) in [6, 6.07) is 0. The number of rotatable bonds is 0. The molecule has 29 valence electrons. The summed E-state index contributed by atoms with van der Waals surface area (Å²) in [5.41, 5.74) is 0. The summed E-state index contributed by atoms with van der Waals surface area (Å²) in [6.45, 7) is 0. The summed E-state index contributed by atoms with van der Waals surface area (Å²) in [6.07, 6.45) is 18.0. The van der Waals surface area contributed by atoms with Gasteiger partial charge in [0, 0.05) is 0 Å². The Balaban J connectivity index is -0.0000000133. The molecule has 0 atom stereocenters. The van der Waals surface area contributed by atoms with Gasteiger partial charge in [-0.25, -0.2) is 0 Å². The fraction of sp³-hybridized carbons (Fsp3) is 0. The second-order valence-corrected chi connectivity index (χ2v) is 0. The average molecular weight is 114 g/mol. The van der Waals surface area contributed by atoms with E-state index in [4.69, 9.17) is 12.8 Å². The van der Waals surface area contributed by atoms with E-state index in [1.54, 1.807) is 0 Å². The van der Waals surface area contributed by atoms with E-state index in [0.29, 0.717) is 0 Å². The van der Waals surface area contributed by atoms with Gasteiger partial charge in [-0.2, -0.15) is 0 Å². The largest absolute Gasteiger partial charge is 2.00 e. The molecule has 1 heteroatoms. The number of terminal acetylenes is 1. The SMILES string of the molecule is C#C.[C-]#[C-].[Cu+2]. The van der Waals surface area contributed by atoms with Crippen molar-refractivity contribution >= 4 is 0 Å². The van der Waals surface area contributed by atoms with Crippen molar-refractivity contribution in [2.24, 2.45) is 0 Å². The van der Waals surface area contributed by atoms with Gasteiger partial charge in [0.1, 0.15) is 0 Å². The van der Waals surface area contributed by atoms with Crippen molar-refractivity contribution in [3.8, 4) is 12.8 Å². The molecule has 0 spiro atoms. The maximum absolute atomic E-state index is 5.00. The van der Waals surface area contributed by atoms with E-state index in [-0.39, 0.29) is 17.1 Å². The molecule has 5 heavy (non-hydrogen) atoms. The molecule has 0 nitrogen and oxygen atoms in total. The molecule has 0 heterocycles. The van der Waals surface area contributed by atoms with Crippen LogP contribution in [0.2, 0.25) is 0 Å².